The van der Waals surface area contributed by atoms with Crippen molar-refractivity contribution in [2.75, 3.05) is 12.0 Å². The first kappa shape index (κ1) is 17.5. The predicted molar refractivity (Wildman–Crippen MR) is 102 cm³/mol. The van der Waals surface area contributed by atoms with E-state index in [9.17, 15) is 14.0 Å². The molecule has 138 valence electrons. The van der Waals surface area contributed by atoms with Crippen LogP contribution in [-0.4, -0.2) is 21.1 Å². The van der Waals surface area contributed by atoms with Crippen LogP contribution < -0.4 is 16.6 Å². The second-order valence-corrected chi connectivity index (χ2v) is 6.69. The van der Waals surface area contributed by atoms with Gasteiger partial charge in [0.2, 0.25) is 0 Å². The highest BCUT2D eigenvalue weighted by atomic mass is 35.5. The SMILES string of the molecule is O=c1[nH]c(=O)n(-c2ccccc2F)c2c1CN(Cc1ccccc1Cl)CN2. The molecule has 2 N–H and O–H groups in total. The summed E-state index contributed by atoms with van der Waals surface area (Å²) >= 11 is 6.22. The van der Waals surface area contributed by atoms with Gasteiger partial charge in [-0.25, -0.2) is 13.8 Å². The third kappa shape index (κ3) is 3.27. The van der Waals surface area contributed by atoms with Crippen molar-refractivity contribution >= 4 is 17.4 Å². The van der Waals surface area contributed by atoms with Crippen LogP contribution in [0.4, 0.5) is 10.2 Å². The predicted octanol–water partition coefficient (Wildman–Crippen LogP) is 2.70. The van der Waals surface area contributed by atoms with E-state index in [2.05, 4.69) is 10.3 Å². The number of para-hydroxylation sites is 1. The molecule has 1 aromatic heterocycles. The molecule has 0 fully saturated rings. The van der Waals surface area contributed by atoms with Gasteiger partial charge in [0, 0.05) is 18.1 Å². The van der Waals surface area contributed by atoms with Crippen LogP contribution in [0.5, 0.6) is 0 Å². The summed E-state index contributed by atoms with van der Waals surface area (Å²) in [7, 11) is 0. The number of halogens is 2. The minimum absolute atomic E-state index is 0.0852. The maximum absolute atomic E-state index is 14.2. The number of fused-ring (bicyclic) bond motifs is 1. The Bertz CT molecular complexity index is 1130. The number of aromatic nitrogens is 2. The molecule has 0 saturated heterocycles. The van der Waals surface area contributed by atoms with Crippen LogP contribution in [-0.2, 0) is 13.1 Å². The number of anilines is 1. The normalized spacial score (nSPS) is 13.9. The van der Waals surface area contributed by atoms with E-state index >= 15 is 0 Å². The zero-order chi connectivity index (χ0) is 19.0. The largest absolute Gasteiger partial charge is 0.358 e. The molecule has 0 unspecified atom stereocenters. The zero-order valence-corrected chi connectivity index (χ0v) is 15.0. The van der Waals surface area contributed by atoms with Gasteiger partial charge in [0.05, 0.1) is 17.9 Å². The molecular formula is C19H16ClFN4O2. The van der Waals surface area contributed by atoms with Crippen LogP contribution in [0, 0.1) is 5.82 Å². The highest BCUT2D eigenvalue weighted by Gasteiger charge is 2.24. The molecule has 27 heavy (non-hydrogen) atoms. The Morgan fingerprint density at radius 1 is 1.07 bits per heavy atom. The Labute approximate surface area is 158 Å². The minimum atomic E-state index is -0.684. The fraction of sp³-hybridized carbons (Fsp3) is 0.158. The molecule has 0 radical (unpaired) electrons. The van der Waals surface area contributed by atoms with Gasteiger partial charge in [-0.2, -0.15) is 0 Å². The Morgan fingerprint density at radius 2 is 1.81 bits per heavy atom. The molecule has 4 rings (SSSR count). The summed E-state index contributed by atoms with van der Waals surface area (Å²) in [5.41, 5.74) is 0.219. The maximum atomic E-state index is 14.2. The monoisotopic (exact) mass is 386 g/mol. The summed E-state index contributed by atoms with van der Waals surface area (Å²) < 4.78 is 15.4. The van der Waals surface area contributed by atoms with E-state index < -0.39 is 17.1 Å². The first-order chi connectivity index (χ1) is 13.0. The van der Waals surface area contributed by atoms with Crippen LogP contribution in [0.15, 0.2) is 58.1 Å². The molecule has 0 spiro atoms. The Balaban J connectivity index is 1.74. The van der Waals surface area contributed by atoms with Gasteiger partial charge >= 0.3 is 5.69 Å². The molecule has 8 heteroatoms. The van der Waals surface area contributed by atoms with Crippen molar-refractivity contribution in [2.24, 2.45) is 0 Å². The molecule has 0 saturated carbocycles. The smallest absolute Gasteiger partial charge is 0.334 e. The number of rotatable bonds is 3. The summed E-state index contributed by atoms with van der Waals surface area (Å²) in [6.07, 6.45) is 0. The number of aromatic amines is 1. The maximum Gasteiger partial charge on any atom is 0.334 e. The fourth-order valence-corrected chi connectivity index (χ4v) is 3.41. The van der Waals surface area contributed by atoms with Gasteiger partial charge in [0.15, 0.2) is 0 Å². The fourth-order valence-electron chi connectivity index (χ4n) is 3.21. The van der Waals surface area contributed by atoms with E-state index in [0.29, 0.717) is 36.2 Å². The van der Waals surface area contributed by atoms with Crippen LogP contribution in [0.1, 0.15) is 11.1 Å². The first-order valence-electron chi connectivity index (χ1n) is 8.37. The lowest BCUT2D eigenvalue weighted by atomic mass is 10.1. The average molecular weight is 387 g/mol. The van der Waals surface area contributed by atoms with Crippen LogP contribution in [0.3, 0.4) is 0 Å². The number of hydrogen-bond donors (Lipinski definition) is 2. The lowest BCUT2D eigenvalue weighted by molar-refractivity contribution is 0.263. The highest BCUT2D eigenvalue weighted by Crippen LogP contribution is 2.24. The quantitative estimate of drug-likeness (QED) is 0.726. The molecule has 1 aliphatic heterocycles. The zero-order valence-electron chi connectivity index (χ0n) is 14.2. The van der Waals surface area contributed by atoms with E-state index in [0.717, 1.165) is 5.56 Å². The molecule has 0 bridgehead atoms. The topological polar surface area (TPSA) is 70.1 Å². The van der Waals surface area contributed by atoms with E-state index in [1.807, 2.05) is 29.2 Å². The second kappa shape index (κ2) is 7.02. The number of nitrogens with one attached hydrogen (secondary N) is 2. The second-order valence-electron chi connectivity index (χ2n) is 6.29. The van der Waals surface area contributed by atoms with Crippen LogP contribution >= 0.6 is 11.6 Å². The van der Waals surface area contributed by atoms with Crippen LogP contribution in [0.2, 0.25) is 5.02 Å². The number of benzene rings is 2. The average Bonchev–Trinajstić information content (AvgIpc) is 2.65. The minimum Gasteiger partial charge on any atom is -0.358 e. The van der Waals surface area contributed by atoms with Crippen molar-refractivity contribution < 1.29 is 4.39 Å². The Hall–Kier alpha value is -2.90. The summed E-state index contributed by atoms with van der Waals surface area (Å²) in [5, 5.41) is 3.73. The van der Waals surface area contributed by atoms with Gasteiger partial charge in [0.25, 0.3) is 5.56 Å². The molecule has 0 aliphatic carbocycles. The van der Waals surface area contributed by atoms with Gasteiger partial charge in [0.1, 0.15) is 11.6 Å². The third-order valence-corrected chi connectivity index (χ3v) is 4.87. The molecule has 2 aromatic carbocycles. The first-order valence-corrected chi connectivity index (χ1v) is 8.75. The lowest BCUT2D eigenvalue weighted by Gasteiger charge is -2.31. The lowest BCUT2D eigenvalue weighted by Crippen LogP contribution is -2.42. The van der Waals surface area contributed by atoms with E-state index in [4.69, 9.17) is 11.6 Å². The summed E-state index contributed by atoms with van der Waals surface area (Å²) in [5.74, 6) is -0.238. The Kier molecular flexibility index (Phi) is 4.55. The summed E-state index contributed by atoms with van der Waals surface area (Å²) in [6.45, 7) is 1.22. The molecule has 0 amide bonds. The molecule has 2 heterocycles. The summed E-state index contributed by atoms with van der Waals surface area (Å²) in [6, 6.07) is 13.4. The van der Waals surface area contributed by atoms with Gasteiger partial charge in [-0.15, -0.1) is 0 Å². The molecule has 3 aromatic rings. The molecular weight excluding hydrogens is 371 g/mol. The van der Waals surface area contributed by atoms with E-state index in [-0.39, 0.29) is 5.69 Å². The van der Waals surface area contributed by atoms with Crippen molar-refractivity contribution in [2.45, 2.75) is 13.1 Å². The van der Waals surface area contributed by atoms with Crippen molar-refractivity contribution in [1.29, 1.82) is 0 Å². The van der Waals surface area contributed by atoms with Crippen molar-refractivity contribution in [3.05, 3.63) is 91.3 Å². The van der Waals surface area contributed by atoms with Gasteiger partial charge < -0.3 is 5.32 Å². The van der Waals surface area contributed by atoms with E-state index in [1.165, 1.54) is 16.7 Å². The van der Waals surface area contributed by atoms with Gasteiger partial charge in [-0.1, -0.05) is 41.9 Å². The van der Waals surface area contributed by atoms with Crippen LogP contribution in [0.25, 0.3) is 5.69 Å². The molecule has 6 nitrogen and oxygen atoms in total. The standard InChI is InChI=1S/C19H16ClFN4O2/c20-14-6-2-1-5-12(14)9-24-10-13-17(22-11-24)25(19(27)23-18(13)26)16-8-4-3-7-15(16)21/h1-8,22H,9-11H2,(H,23,26,27). The van der Waals surface area contributed by atoms with Crippen molar-refractivity contribution in [3.63, 3.8) is 0 Å². The third-order valence-electron chi connectivity index (χ3n) is 4.50. The van der Waals surface area contributed by atoms with Gasteiger partial charge in [-0.05, 0) is 23.8 Å². The Morgan fingerprint density at radius 3 is 2.59 bits per heavy atom. The number of nitrogens with zero attached hydrogens (tertiary/aromatic N) is 2. The molecule has 1 aliphatic rings. The highest BCUT2D eigenvalue weighted by molar-refractivity contribution is 6.31. The number of hydrogen-bond acceptors (Lipinski definition) is 4. The summed E-state index contributed by atoms with van der Waals surface area (Å²) in [4.78, 5) is 29.0. The van der Waals surface area contributed by atoms with E-state index in [1.54, 1.807) is 12.1 Å². The van der Waals surface area contributed by atoms with Gasteiger partial charge in [-0.3, -0.25) is 14.7 Å². The number of H-pyrrole nitrogens is 1. The van der Waals surface area contributed by atoms with Crippen molar-refractivity contribution in [1.82, 2.24) is 14.5 Å². The molecule has 0 atom stereocenters. The van der Waals surface area contributed by atoms with Crippen molar-refractivity contribution in [3.8, 4) is 5.69 Å².